The molecule has 138 valence electrons. The van der Waals surface area contributed by atoms with Crippen molar-refractivity contribution in [3.05, 3.63) is 53.6 Å². The first-order chi connectivity index (χ1) is 12.6. The molecule has 7 heteroatoms. The van der Waals surface area contributed by atoms with E-state index in [2.05, 4.69) is 20.6 Å². The van der Waals surface area contributed by atoms with E-state index in [0.717, 1.165) is 18.8 Å². The molecule has 1 unspecified atom stereocenters. The Labute approximate surface area is 158 Å². The zero-order valence-electron chi connectivity index (χ0n) is 14.7. The Balaban J connectivity index is 1.69. The molecule has 1 fully saturated rings. The van der Waals surface area contributed by atoms with Crippen LogP contribution in [0, 0.1) is 0 Å². The Morgan fingerprint density at radius 2 is 2.04 bits per heavy atom. The largest absolute Gasteiger partial charge is 0.477 e. The molecule has 1 atom stereocenters. The zero-order chi connectivity index (χ0) is 18.4. The van der Waals surface area contributed by atoms with Gasteiger partial charge >= 0.3 is 0 Å². The van der Waals surface area contributed by atoms with Gasteiger partial charge in [0.05, 0.1) is 5.69 Å². The van der Waals surface area contributed by atoms with Gasteiger partial charge in [0, 0.05) is 48.9 Å². The molecule has 0 spiro atoms. The van der Waals surface area contributed by atoms with Gasteiger partial charge in [-0.3, -0.25) is 14.8 Å². The number of halogens is 1. The first kappa shape index (κ1) is 18.6. The fraction of sp³-hybridized carbons (Fsp3) is 0.421. The highest BCUT2D eigenvalue weighted by atomic mass is 35.5. The molecular formula is C19H23ClN4O2. The van der Waals surface area contributed by atoms with E-state index in [1.54, 1.807) is 42.9 Å². The van der Waals surface area contributed by atoms with E-state index in [9.17, 15) is 4.79 Å². The maximum atomic E-state index is 13.1. The molecule has 3 rings (SSSR count). The van der Waals surface area contributed by atoms with Crippen molar-refractivity contribution in [2.45, 2.75) is 37.8 Å². The number of ether oxygens (including phenoxy) is 1. The number of benzene rings is 1. The van der Waals surface area contributed by atoms with Crippen molar-refractivity contribution < 1.29 is 9.53 Å². The number of nitrogens with zero attached hydrogens (tertiary/aromatic N) is 2. The van der Waals surface area contributed by atoms with Gasteiger partial charge in [-0.25, -0.2) is 0 Å². The molecule has 1 saturated heterocycles. The summed E-state index contributed by atoms with van der Waals surface area (Å²) in [6.45, 7) is 3.43. The summed E-state index contributed by atoms with van der Waals surface area (Å²) in [5.41, 5.74) is -0.0336. The van der Waals surface area contributed by atoms with Crippen LogP contribution in [0.3, 0.4) is 0 Å². The number of hydrogen-bond acceptors (Lipinski definition) is 5. The lowest BCUT2D eigenvalue weighted by molar-refractivity contribution is -0.139. The van der Waals surface area contributed by atoms with Gasteiger partial charge in [-0.15, -0.1) is 0 Å². The van der Waals surface area contributed by atoms with Crippen LogP contribution in [0.4, 0.5) is 0 Å². The Kier molecular flexibility index (Phi) is 6.06. The molecule has 0 bridgehead atoms. The van der Waals surface area contributed by atoms with Gasteiger partial charge in [0.1, 0.15) is 5.75 Å². The summed E-state index contributed by atoms with van der Waals surface area (Å²) >= 11 is 5.94. The summed E-state index contributed by atoms with van der Waals surface area (Å²) in [7, 11) is 0. The Bertz CT molecular complexity index is 718. The predicted octanol–water partition coefficient (Wildman–Crippen LogP) is 2.38. The number of hydrogen-bond donors (Lipinski definition) is 2. The summed E-state index contributed by atoms with van der Waals surface area (Å²) < 4.78 is 6.17. The third-order valence-corrected chi connectivity index (χ3v) is 4.71. The number of amides is 1. The highest BCUT2D eigenvalue weighted by Gasteiger charge is 2.42. The van der Waals surface area contributed by atoms with Crippen LogP contribution in [0.1, 0.15) is 25.5 Å². The monoisotopic (exact) mass is 374 g/mol. The minimum atomic E-state index is -0.879. The second kappa shape index (κ2) is 8.47. The molecule has 1 aliphatic rings. The number of piperidine rings is 1. The van der Waals surface area contributed by atoms with Crippen LogP contribution in [0.5, 0.6) is 5.75 Å². The average molecular weight is 375 g/mol. The molecule has 26 heavy (non-hydrogen) atoms. The molecule has 1 amide bonds. The van der Waals surface area contributed by atoms with Crippen LogP contribution < -0.4 is 15.4 Å². The van der Waals surface area contributed by atoms with E-state index in [0.29, 0.717) is 30.0 Å². The summed E-state index contributed by atoms with van der Waals surface area (Å²) in [6, 6.07) is 7.05. The van der Waals surface area contributed by atoms with Gasteiger partial charge in [0.15, 0.2) is 5.60 Å². The topological polar surface area (TPSA) is 76.1 Å². The number of carbonyl (C=O) groups is 1. The second-order valence-electron chi connectivity index (χ2n) is 6.58. The normalized spacial score (nSPS) is 17.3. The Hall–Kier alpha value is -2.18. The highest BCUT2D eigenvalue weighted by Crippen LogP contribution is 2.28. The Morgan fingerprint density at radius 3 is 2.69 bits per heavy atom. The van der Waals surface area contributed by atoms with Gasteiger partial charge in [0.25, 0.3) is 5.91 Å². The molecule has 2 aromatic rings. The van der Waals surface area contributed by atoms with E-state index >= 15 is 0 Å². The Morgan fingerprint density at radius 1 is 1.31 bits per heavy atom. The molecule has 2 N–H and O–H groups in total. The standard InChI is InChI=1S/C19H23ClN4O2/c1-14(12-16-13-22-10-11-23-16)24-18(25)19(6-8-21-9-7-19)26-17-4-2-15(20)3-5-17/h2-5,10-11,13-14,21H,6-9,12H2,1H3,(H,24,25). The van der Waals surface area contributed by atoms with Crippen LogP contribution in [0.15, 0.2) is 42.9 Å². The van der Waals surface area contributed by atoms with Crippen LogP contribution in [-0.4, -0.2) is 40.6 Å². The van der Waals surface area contributed by atoms with Crippen molar-refractivity contribution in [1.82, 2.24) is 20.6 Å². The van der Waals surface area contributed by atoms with Crippen LogP contribution in [0.2, 0.25) is 5.02 Å². The van der Waals surface area contributed by atoms with Crippen molar-refractivity contribution in [1.29, 1.82) is 0 Å². The van der Waals surface area contributed by atoms with Crippen molar-refractivity contribution in [3.8, 4) is 5.75 Å². The minimum absolute atomic E-state index is 0.0696. The lowest BCUT2D eigenvalue weighted by atomic mass is 9.90. The first-order valence-corrected chi connectivity index (χ1v) is 9.16. The summed E-state index contributed by atoms with van der Waals surface area (Å²) in [4.78, 5) is 21.4. The van der Waals surface area contributed by atoms with Crippen LogP contribution in [0.25, 0.3) is 0 Å². The molecule has 0 radical (unpaired) electrons. The van der Waals surface area contributed by atoms with Crippen molar-refractivity contribution in [2.75, 3.05) is 13.1 Å². The number of rotatable bonds is 6. The van der Waals surface area contributed by atoms with E-state index in [1.807, 2.05) is 6.92 Å². The maximum Gasteiger partial charge on any atom is 0.264 e. The van der Waals surface area contributed by atoms with Crippen molar-refractivity contribution in [2.24, 2.45) is 0 Å². The summed E-state index contributed by atoms with van der Waals surface area (Å²) in [6.07, 6.45) is 6.85. The third-order valence-electron chi connectivity index (χ3n) is 4.46. The van der Waals surface area contributed by atoms with Gasteiger partial charge in [-0.2, -0.15) is 0 Å². The molecule has 1 aromatic carbocycles. The minimum Gasteiger partial charge on any atom is -0.477 e. The van der Waals surface area contributed by atoms with Gasteiger partial charge in [-0.1, -0.05) is 11.6 Å². The second-order valence-corrected chi connectivity index (χ2v) is 7.01. The smallest absolute Gasteiger partial charge is 0.264 e. The number of carbonyl (C=O) groups excluding carboxylic acids is 1. The number of aromatic nitrogens is 2. The lowest BCUT2D eigenvalue weighted by Gasteiger charge is -2.37. The predicted molar refractivity (Wildman–Crippen MR) is 100 cm³/mol. The van der Waals surface area contributed by atoms with Crippen LogP contribution >= 0.6 is 11.6 Å². The van der Waals surface area contributed by atoms with Crippen molar-refractivity contribution in [3.63, 3.8) is 0 Å². The molecule has 1 aromatic heterocycles. The van der Waals surface area contributed by atoms with Gasteiger partial charge in [0.2, 0.25) is 0 Å². The average Bonchev–Trinajstić information content (AvgIpc) is 2.65. The van der Waals surface area contributed by atoms with Gasteiger partial charge in [-0.05, 0) is 44.3 Å². The molecule has 6 nitrogen and oxygen atoms in total. The highest BCUT2D eigenvalue weighted by molar-refractivity contribution is 6.30. The van der Waals surface area contributed by atoms with Gasteiger partial charge < -0.3 is 15.4 Å². The first-order valence-electron chi connectivity index (χ1n) is 8.78. The van der Waals surface area contributed by atoms with Crippen LogP contribution in [-0.2, 0) is 11.2 Å². The fourth-order valence-corrected chi connectivity index (χ4v) is 3.22. The SMILES string of the molecule is CC(Cc1cnccn1)NC(=O)C1(Oc2ccc(Cl)cc2)CCNCC1. The molecule has 1 aliphatic heterocycles. The summed E-state index contributed by atoms with van der Waals surface area (Å²) in [5, 5.41) is 7.01. The third kappa shape index (κ3) is 4.71. The number of nitrogens with one attached hydrogen (secondary N) is 2. The molecule has 2 heterocycles. The van der Waals surface area contributed by atoms with E-state index in [4.69, 9.17) is 16.3 Å². The zero-order valence-corrected chi connectivity index (χ0v) is 15.5. The summed E-state index contributed by atoms with van der Waals surface area (Å²) in [5.74, 6) is 0.554. The molecular weight excluding hydrogens is 352 g/mol. The molecule has 0 aliphatic carbocycles. The van der Waals surface area contributed by atoms with E-state index in [-0.39, 0.29) is 11.9 Å². The fourth-order valence-electron chi connectivity index (χ4n) is 3.09. The van der Waals surface area contributed by atoms with E-state index in [1.165, 1.54) is 0 Å². The lowest BCUT2D eigenvalue weighted by Crippen LogP contribution is -2.58. The molecule has 0 saturated carbocycles. The quantitative estimate of drug-likeness (QED) is 0.811. The van der Waals surface area contributed by atoms with Crippen molar-refractivity contribution >= 4 is 17.5 Å². The van der Waals surface area contributed by atoms with E-state index < -0.39 is 5.60 Å². The maximum absolute atomic E-state index is 13.1.